The molecule has 0 amide bonds. The van der Waals surface area contributed by atoms with Gasteiger partial charge in [0.1, 0.15) is 0 Å². The normalized spacial score (nSPS) is 16.8. The van der Waals surface area contributed by atoms with Gasteiger partial charge in [0, 0.05) is 32.5 Å². The number of aliphatic hydroxyl groups is 2. The average molecular weight is 340 g/mol. The Balaban J connectivity index is 1.80. The van der Waals surface area contributed by atoms with Crippen LogP contribution in [-0.4, -0.2) is 59.9 Å². The van der Waals surface area contributed by atoms with Gasteiger partial charge in [-0.15, -0.1) is 0 Å². The lowest BCUT2D eigenvalue weighted by Crippen LogP contribution is -2.49. The number of hydrogen-bond donors (Lipinski definition) is 3. The number of rotatable bonds is 5. The zero-order valence-corrected chi connectivity index (χ0v) is 14.4. The quantitative estimate of drug-likeness (QED) is 0.543. The van der Waals surface area contributed by atoms with E-state index in [1.807, 2.05) is 23.1 Å². The highest BCUT2D eigenvalue weighted by atomic mass is 32.1. The summed E-state index contributed by atoms with van der Waals surface area (Å²) in [4.78, 5) is 1.97. The van der Waals surface area contributed by atoms with E-state index >= 15 is 0 Å². The van der Waals surface area contributed by atoms with Crippen LogP contribution in [0.1, 0.15) is 18.4 Å². The molecular weight excluding hydrogens is 316 g/mol. The fourth-order valence-electron chi connectivity index (χ4n) is 2.53. The summed E-state index contributed by atoms with van der Waals surface area (Å²) in [5.41, 5.74) is 1.13. The van der Waals surface area contributed by atoms with Gasteiger partial charge < -0.3 is 29.9 Å². The van der Waals surface area contributed by atoms with Crippen LogP contribution in [0.4, 0.5) is 0 Å². The van der Waals surface area contributed by atoms with Crippen LogP contribution < -0.4 is 14.8 Å². The number of methoxy groups -OCH3 is 2. The molecule has 0 bridgehead atoms. The van der Waals surface area contributed by atoms with Crippen molar-refractivity contribution < 1.29 is 19.7 Å². The fraction of sp³-hybridized carbons (Fsp3) is 0.562. The summed E-state index contributed by atoms with van der Waals surface area (Å²) in [6.45, 7) is 1.80. The Labute approximate surface area is 142 Å². The van der Waals surface area contributed by atoms with Crippen molar-refractivity contribution in [3.05, 3.63) is 23.8 Å². The minimum absolute atomic E-state index is 0.310. The second-order valence-electron chi connectivity index (χ2n) is 5.64. The molecule has 1 fully saturated rings. The molecule has 128 valence electrons. The second-order valence-corrected chi connectivity index (χ2v) is 6.03. The number of thiocarbonyl (C=S) groups is 1. The molecule has 1 aromatic carbocycles. The first-order valence-electron chi connectivity index (χ1n) is 7.63. The van der Waals surface area contributed by atoms with Gasteiger partial charge in [0.25, 0.3) is 0 Å². The van der Waals surface area contributed by atoms with Crippen molar-refractivity contribution in [1.82, 2.24) is 10.2 Å². The summed E-state index contributed by atoms with van der Waals surface area (Å²) in [7, 11) is 3.23. The molecule has 3 N–H and O–H groups in total. The topological polar surface area (TPSA) is 74.2 Å². The Morgan fingerprint density at radius 3 is 2.48 bits per heavy atom. The van der Waals surface area contributed by atoms with Gasteiger partial charge in [-0.2, -0.15) is 0 Å². The highest BCUT2D eigenvalue weighted by Crippen LogP contribution is 2.27. The van der Waals surface area contributed by atoms with Crippen molar-refractivity contribution in [1.29, 1.82) is 0 Å². The van der Waals surface area contributed by atoms with Gasteiger partial charge in [-0.25, -0.2) is 0 Å². The van der Waals surface area contributed by atoms with Gasteiger partial charge in [0.05, 0.1) is 14.2 Å². The first kappa shape index (κ1) is 17.8. The predicted octanol–water partition coefficient (Wildman–Crippen LogP) is 0.897. The van der Waals surface area contributed by atoms with E-state index in [2.05, 4.69) is 5.32 Å². The molecule has 0 atom stereocenters. The molecule has 6 nitrogen and oxygen atoms in total. The Morgan fingerprint density at radius 2 is 1.87 bits per heavy atom. The number of ether oxygens (including phenoxy) is 2. The van der Waals surface area contributed by atoms with E-state index in [1.54, 1.807) is 14.2 Å². The lowest BCUT2D eigenvalue weighted by Gasteiger charge is -2.36. The summed E-state index contributed by atoms with van der Waals surface area (Å²) in [5.74, 6) is -0.124. The predicted molar refractivity (Wildman–Crippen MR) is 91.8 cm³/mol. The number of hydrogen-bond acceptors (Lipinski definition) is 5. The summed E-state index contributed by atoms with van der Waals surface area (Å²) in [6, 6.07) is 5.84. The maximum absolute atomic E-state index is 9.53. The largest absolute Gasteiger partial charge is 0.493 e. The molecule has 0 unspecified atom stereocenters. The molecule has 1 aromatic rings. The Morgan fingerprint density at radius 1 is 1.22 bits per heavy atom. The third-order valence-corrected chi connectivity index (χ3v) is 4.39. The molecule has 0 radical (unpaired) electrons. The second kappa shape index (κ2) is 7.81. The van der Waals surface area contributed by atoms with Crippen molar-refractivity contribution >= 4 is 17.3 Å². The average Bonchev–Trinajstić information content (AvgIpc) is 2.54. The van der Waals surface area contributed by atoms with Crippen molar-refractivity contribution in [3.63, 3.8) is 0 Å². The summed E-state index contributed by atoms with van der Waals surface area (Å²) >= 11 is 5.36. The lowest BCUT2D eigenvalue weighted by molar-refractivity contribution is -0.183. The molecule has 7 heteroatoms. The SMILES string of the molecule is COc1ccc(CCNC(=S)N2CCC(O)(O)CC2)cc1OC. The van der Waals surface area contributed by atoms with E-state index in [9.17, 15) is 10.2 Å². The maximum atomic E-state index is 9.53. The van der Waals surface area contributed by atoms with E-state index in [-0.39, 0.29) is 0 Å². The van der Waals surface area contributed by atoms with Gasteiger partial charge in [-0.1, -0.05) is 6.07 Å². The first-order chi connectivity index (χ1) is 10.9. The molecule has 23 heavy (non-hydrogen) atoms. The molecule has 0 saturated carbocycles. The maximum Gasteiger partial charge on any atom is 0.168 e. The Bertz CT molecular complexity index is 541. The summed E-state index contributed by atoms with van der Waals surface area (Å²) in [6.07, 6.45) is 1.42. The van der Waals surface area contributed by atoms with Crippen LogP contribution in [-0.2, 0) is 6.42 Å². The van der Waals surface area contributed by atoms with E-state index in [4.69, 9.17) is 21.7 Å². The van der Waals surface area contributed by atoms with Crippen LogP contribution in [0, 0.1) is 0 Å². The molecule has 1 saturated heterocycles. The van der Waals surface area contributed by atoms with Crippen molar-refractivity contribution in [2.45, 2.75) is 25.0 Å². The highest BCUT2D eigenvalue weighted by molar-refractivity contribution is 7.80. The van der Waals surface area contributed by atoms with Crippen molar-refractivity contribution in [3.8, 4) is 11.5 Å². The molecule has 2 rings (SSSR count). The van der Waals surface area contributed by atoms with Crippen LogP contribution in [0.3, 0.4) is 0 Å². The standard InChI is InChI=1S/C16H24N2O4S/c1-21-13-4-3-12(11-14(13)22-2)5-8-17-15(23)18-9-6-16(19,20)7-10-18/h3-4,11,19-20H,5-10H2,1-2H3,(H,17,23). The van der Waals surface area contributed by atoms with Crippen LogP contribution in [0.15, 0.2) is 18.2 Å². The molecule has 0 aliphatic carbocycles. The Hall–Kier alpha value is -1.57. The van der Waals surface area contributed by atoms with Gasteiger partial charge in [-0.3, -0.25) is 0 Å². The lowest BCUT2D eigenvalue weighted by atomic mass is 10.0. The molecule has 1 aliphatic rings. The molecular formula is C16H24N2O4S. The number of piperidine rings is 1. The first-order valence-corrected chi connectivity index (χ1v) is 8.04. The molecule has 0 spiro atoms. The third-order valence-electron chi connectivity index (χ3n) is 3.99. The monoisotopic (exact) mass is 340 g/mol. The van der Waals surface area contributed by atoms with Crippen LogP contribution in [0.2, 0.25) is 0 Å². The molecule has 0 aromatic heterocycles. The number of nitrogens with zero attached hydrogens (tertiary/aromatic N) is 1. The van der Waals surface area contributed by atoms with E-state index in [0.717, 1.165) is 12.0 Å². The Kier molecular flexibility index (Phi) is 6.04. The van der Waals surface area contributed by atoms with Gasteiger partial charge in [-0.05, 0) is 36.3 Å². The van der Waals surface area contributed by atoms with E-state index in [0.29, 0.717) is 49.1 Å². The van der Waals surface area contributed by atoms with Gasteiger partial charge >= 0.3 is 0 Å². The number of likely N-dealkylation sites (tertiary alicyclic amines) is 1. The molecule has 1 heterocycles. The molecule has 1 aliphatic heterocycles. The van der Waals surface area contributed by atoms with Crippen molar-refractivity contribution in [2.24, 2.45) is 0 Å². The highest BCUT2D eigenvalue weighted by Gasteiger charge is 2.30. The minimum Gasteiger partial charge on any atom is -0.493 e. The van der Waals surface area contributed by atoms with E-state index in [1.165, 1.54) is 0 Å². The summed E-state index contributed by atoms with van der Waals surface area (Å²) in [5, 5.41) is 22.9. The van der Waals surface area contributed by atoms with Gasteiger partial charge in [0.15, 0.2) is 22.4 Å². The minimum atomic E-state index is -1.55. The van der Waals surface area contributed by atoms with Crippen LogP contribution in [0.25, 0.3) is 0 Å². The van der Waals surface area contributed by atoms with Gasteiger partial charge in [0.2, 0.25) is 0 Å². The zero-order chi connectivity index (χ0) is 16.9. The van der Waals surface area contributed by atoms with Crippen LogP contribution in [0.5, 0.6) is 11.5 Å². The zero-order valence-electron chi connectivity index (χ0n) is 13.5. The van der Waals surface area contributed by atoms with Crippen molar-refractivity contribution in [2.75, 3.05) is 33.9 Å². The number of nitrogens with one attached hydrogen (secondary N) is 1. The van der Waals surface area contributed by atoms with Crippen LogP contribution >= 0.6 is 12.2 Å². The van der Waals surface area contributed by atoms with E-state index < -0.39 is 5.79 Å². The fourth-order valence-corrected chi connectivity index (χ4v) is 2.81. The number of benzene rings is 1. The summed E-state index contributed by atoms with van der Waals surface area (Å²) < 4.78 is 10.5. The third kappa shape index (κ3) is 4.95. The smallest absolute Gasteiger partial charge is 0.168 e.